The predicted molar refractivity (Wildman–Crippen MR) is 367 cm³/mol. The van der Waals surface area contributed by atoms with Crippen molar-refractivity contribution in [3.63, 3.8) is 0 Å². The second-order valence-corrected chi connectivity index (χ2v) is 38.4. The molecule has 4 aliphatic carbocycles. The Morgan fingerprint density at radius 2 is 0.738 bits per heavy atom. The van der Waals surface area contributed by atoms with Crippen LogP contribution in [0, 0.1) is 38.2 Å². The van der Waals surface area contributed by atoms with Crippen LogP contribution in [-0.2, 0) is 44.3 Å². The van der Waals surface area contributed by atoms with Crippen LogP contribution < -0.4 is 33.7 Å². The number of rotatable bonds is 20. The molecule has 10 aliphatic rings. The van der Waals surface area contributed by atoms with Gasteiger partial charge in [0.2, 0.25) is 45.3 Å². The van der Waals surface area contributed by atoms with E-state index in [4.69, 9.17) is 33.2 Å². The van der Waals surface area contributed by atoms with Gasteiger partial charge in [-0.3, -0.25) is 0 Å². The van der Waals surface area contributed by atoms with E-state index in [1.165, 1.54) is 68.2 Å². The summed E-state index contributed by atoms with van der Waals surface area (Å²) in [6.45, 7) is 10.8. The van der Waals surface area contributed by atoms with Crippen LogP contribution in [0.2, 0.25) is 0 Å². The number of hydrogen-bond donors (Lipinski definition) is 1. The van der Waals surface area contributed by atoms with Crippen molar-refractivity contribution in [1.29, 1.82) is 0 Å². The average molecular weight is 1500 g/mol. The molecule has 32 heteroatoms. The highest BCUT2D eigenvalue weighted by Gasteiger charge is 2.53. The van der Waals surface area contributed by atoms with E-state index in [9.17, 15) is 51.6 Å². The molecule has 9 heterocycles. The number of fused-ring (bicyclic) bond motifs is 6. The first-order valence-electron chi connectivity index (χ1n) is 35.3. The highest BCUT2D eigenvalue weighted by Crippen LogP contribution is 2.46. The normalized spacial score (nSPS) is 25.3. The summed E-state index contributed by atoms with van der Waals surface area (Å²) in [5.41, 5.74) is 1.01. The van der Waals surface area contributed by atoms with Crippen molar-refractivity contribution in [2.24, 2.45) is 0 Å². The number of piperidine rings is 3. The quantitative estimate of drug-likeness (QED) is 0.0742. The minimum Gasteiger partial charge on any atom is -0.474 e. The molecule has 1 amide bonds. The van der Waals surface area contributed by atoms with Crippen LogP contribution in [0.1, 0.15) is 166 Å². The number of ether oxygens (including phenoxy) is 7. The number of nitrogens with zero attached hydrogens (tertiary/aromatic N) is 8. The first kappa shape index (κ1) is 72.4. The molecular formula is C71H84F3N9O16S4. The first-order chi connectivity index (χ1) is 49.0. The number of sulfone groups is 3. The van der Waals surface area contributed by atoms with Crippen molar-refractivity contribution < 1.29 is 84.8 Å². The molecule has 9 atom stereocenters. The van der Waals surface area contributed by atoms with E-state index in [-0.39, 0.29) is 103 Å². The van der Waals surface area contributed by atoms with Crippen molar-refractivity contribution >= 4 is 45.6 Å². The molecule has 0 spiro atoms. The molecule has 4 saturated carbocycles. The maximum Gasteiger partial charge on any atom is 0.410 e. The van der Waals surface area contributed by atoms with Gasteiger partial charge in [-0.1, -0.05) is 0 Å². The summed E-state index contributed by atoms with van der Waals surface area (Å²) < 4.78 is 187. The molecule has 6 aliphatic heterocycles. The van der Waals surface area contributed by atoms with Gasteiger partial charge in [-0.25, -0.2) is 81.5 Å². The molecule has 3 aromatic carbocycles. The second-order valence-electron chi connectivity index (χ2n) is 29.6. The molecule has 16 rings (SSSR count). The van der Waals surface area contributed by atoms with Crippen molar-refractivity contribution in [3.8, 4) is 52.5 Å². The van der Waals surface area contributed by atoms with Gasteiger partial charge in [0.05, 0.1) is 52.4 Å². The van der Waals surface area contributed by atoms with Crippen molar-refractivity contribution in [3.05, 3.63) is 108 Å². The molecule has 10 fully saturated rings. The number of amides is 1. The summed E-state index contributed by atoms with van der Waals surface area (Å²) in [6.07, 6.45) is 18.6. The number of aromatic nitrogens is 6. The number of carbonyl (C=O) groups excluding carboxylic acids is 1. The minimum atomic E-state index is -3.51. The number of sulfonamides is 1. The molecule has 1 N–H and O–H groups in total. The summed E-state index contributed by atoms with van der Waals surface area (Å²) in [5.74, 6) is -1.21. The summed E-state index contributed by atoms with van der Waals surface area (Å²) in [5, 5.41) is 2.12. The zero-order chi connectivity index (χ0) is 72.7. The van der Waals surface area contributed by atoms with Gasteiger partial charge in [0.1, 0.15) is 42.9 Å². The molecule has 6 unspecified atom stereocenters. The third kappa shape index (κ3) is 15.9. The molecule has 6 saturated heterocycles. The Hall–Kier alpha value is -7.52. The van der Waals surface area contributed by atoms with Crippen LogP contribution in [0.25, 0.3) is 0 Å². The largest absolute Gasteiger partial charge is 0.474 e. The van der Waals surface area contributed by atoms with Gasteiger partial charge >= 0.3 is 6.09 Å². The van der Waals surface area contributed by atoms with Gasteiger partial charge in [0, 0.05) is 61.9 Å². The Morgan fingerprint density at radius 3 is 1.06 bits per heavy atom. The van der Waals surface area contributed by atoms with E-state index < -0.39 is 78.3 Å². The number of hydrogen-bond acceptors (Lipinski definition) is 23. The summed E-state index contributed by atoms with van der Waals surface area (Å²) in [7, 11) is -13.7. The van der Waals surface area contributed by atoms with E-state index >= 15 is 0 Å². The number of benzene rings is 3. The maximum absolute atomic E-state index is 14.7. The Morgan fingerprint density at radius 1 is 0.427 bits per heavy atom. The highest BCUT2D eigenvalue weighted by molar-refractivity contribution is 7.93. The van der Waals surface area contributed by atoms with Gasteiger partial charge in [0.15, 0.2) is 64.2 Å². The van der Waals surface area contributed by atoms with Crippen LogP contribution in [-0.4, -0.2) is 160 Å². The summed E-state index contributed by atoms with van der Waals surface area (Å²) >= 11 is 0. The Balaban J connectivity index is 0.000000131. The van der Waals surface area contributed by atoms with Crippen LogP contribution in [0.4, 0.5) is 18.0 Å². The average Bonchev–Trinajstić information content (AvgIpc) is 1.62. The van der Waals surface area contributed by atoms with E-state index in [1.54, 1.807) is 25.1 Å². The van der Waals surface area contributed by atoms with Crippen LogP contribution in [0.5, 0.6) is 52.5 Å². The van der Waals surface area contributed by atoms with Gasteiger partial charge in [-0.15, -0.1) is 0 Å². The molecule has 0 radical (unpaired) electrons. The maximum atomic E-state index is 14.7. The zero-order valence-electron chi connectivity index (χ0n) is 58.0. The van der Waals surface area contributed by atoms with E-state index in [2.05, 4.69) is 35.2 Å². The van der Waals surface area contributed by atoms with E-state index in [0.717, 1.165) is 69.6 Å². The minimum absolute atomic E-state index is 0.0150. The van der Waals surface area contributed by atoms with Crippen molar-refractivity contribution in [2.75, 3.05) is 0 Å². The number of nitrogens with one attached hydrogen (secondary N) is 1. The molecule has 554 valence electrons. The highest BCUT2D eigenvalue weighted by atomic mass is 32.2. The molecule has 6 aromatic rings. The lowest BCUT2D eigenvalue weighted by Gasteiger charge is -2.39. The standard InChI is InChI=1S/C26H32FN3O6S.C24H28FN3O6S2.C21H24FN3O4S/c1-15-23(34-18-11-16-5-6-17(12-18)30(16)25(31)36-26(2,3)4)28-14-29-24(15)35-22-10-9-20(13-21(22)27)37(32,33)19-7-8-19;1-14-23(33-17-10-15-2-3-16(11-17)28(15)36(31,32)19-6-7-19)26-13-27-24(14)34-22-9-8-20(12-21(22)25)35(29,30)18-4-5-18;1-12-20(28-15-8-13-2-3-14(9-15)25-13)23-11-24-21(12)29-19-7-6-17(10-18(19)22)30(26,27)16-4-5-16/h9-10,13-14,16-19H,5-8,11-12H2,1-4H3;8-9,12-13,15-19H,2-7,10-11H2,1H3;6-7,10-11,13-16,25H,2-5,8-9H2,1H3/t16-,17?,18?;15-,16?,17?;13-,14?,15?/m000/s1. The second kappa shape index (κ2) is 28.4. The SMILES string of the molecule is Cc1c(Oc2ccc(S(=O)(=O)C3CC3)cc2F)ncnc1OC1CC2CC[C@@H](C1)N2.Cc1c(Oc2ccc(S(=O)(=O)C3CC3)cc2F)ncnc1OC1CC2CC[C@@H](C1)N2C(=O)OC(C)(C)C.Cc1c(Oc2ccc(S(=O)(=O)C3CC3)cc2F)ncnc1OC1CC2CC[C@@H](C1)N2S(=O)(=O)C1CC1. The Kier molecular flexibility index (Phi) is 20.0. The third-order valence-corrected chi connectivity index (χ3v) is 29.9. The molecule has 6 bridgehead atoms. The van der Waals surface area contributed by atoms with Crippen molar-refractivity contribution in [1.82, 2.24) is 44.4 Å². The van der Waals surface area contributed by atoms with Gasteiger partial charge in [-0.05, 0) is 199 Å². The fraction of sp³-hybridized carbons (Fsp3) is 0.563. The third-order valence-electron chi connectivity index (χ3n) is 20.6. The lowest BCUT2D eigenvalue weighted by Crippen LogP contribution is -2.50. The Labute approximate surface area is 597 Å². The summed E-state index contributed by atoms with van der Waals surface area (Å²) in [4.78, 5) is 39.5. The molecule has 103 heavy (non-hydrogen) atoms. The van der Waals surface area contributed by atoms with Gasteiger partial charge in [0.25, 0.3) is 0 Å². The van der Waals surface area contributed by atoms with Crippen LogP contribution in [0.15, 0.2) is 88.3 Å². The summed E-state index contributed by atoms with van der Waals surface area (Å²) in [6, 6.07) is 11.9. The lowest BCUT2D eigenvalue weighted by atomic mass is 10.00. The fourth-order valence-electron chi connectivity index (χ4n) is 14.7. The monoisotopic (exact) mass is 1500 g/mol. The van der Waals surface area contributed by atoms with Gasteiger partial charge in [-0.2, -0.15) is 4.31 Å². The van der Waals surface area contributed by atoms with Crippen LogP contribution >= 0.6 is 0 Å². The zero-order valence-corrected chi connectivity index (χ0v) is 61.2. The fourth-order valence-corrected chi connectivity index (χ4v) is 22.0. The van der Waals surface area contributed by atoms with Crippen molar-refractivity contribution in [2.45, 2.75) is 266 Å². The Bertz CT molecular complexity index is 4680. The van der Waals surface area contributed by atoms with E-state index in [1.807, 2.05) is 25.7 Å². The lowest BCUT2D eigenvalue weighted by molar-refractivity contribution is -0.00776. The molecule has 3 aromatic heterocycles. The molecule has 25 nitrogen and oxygen atoms in total. The number of carbonyl (C=O) groups is 1. The first-order valence-corrected chi connectivity index (χ1v) is 41.5. The number of halogens is 3. The van der Waals surface area contributed by atoms with E-state index in [0.29, 0.717) is 111 Å². The van der Waals surface area contributed by atoms with Crippen LogP contribution in [0.3, 0.4) is 0 Å². The predicted octanol–water partition coefficient (Wildman–Crippen LogP) is 11.8. The van der Waals surface area contributed by atoms with Gasteiger partial charge < -0.3 is 43.4 Å². The smallest absolute Gasteiger partial charge is 0.410 e. The molecular weight excluding hydrogens is 1420 g/mol. The topological polar surface area (TPSA) is 314 Å².